The number of amides is 4. The molecule has 0 bridgehead atoms. The van der Waals surface area contributed by atoms with Crippen molar-refractivity contribution >= 4 is 57.1 Å². The minimum absolute atomic E-state index is 0.0267. The van der Waals surface area contributed by atoms with Crippen LogP contribution in [0, 0.1) is 0 Å². The van der Waals surface area contributed by atoms with Gasteiger partial charge in [-0.3, -0.25) is 23.7 Å². The molecule has 16 heteroatoms. The van der Waals surface area contributed by atoms with Crippen LogP contribution in [0.2, 0.25) is 0 Å². The predicted octanol–water partition coefficient (Wildman–Crippen LogP) is 5.97. The van der Waals surface area contributed by atoms with Gasteiger partial charge in [0.2, 0.25) is 0 Å². The summed E-state index contributed by atoms with van der Waals surface area (Å²) in [6.07, 6.45) is 10.4. The van der Waals surface area contributed by atoms with Crippen LogP contribution in [0.15, 0.2) is 71.3 Å². The van der Waals surface area contributed by atoms with Gasteiger partial charge in [0, 0.05) is 79.5 Å². The van der Waals surface area contributed by atoms with E-state index in [2.05, 4.69) is 41.9 Å². The number of hydrogen-bond acceptors (Lipinski definition) is 12. The molecule has 0 aliphatic carbocycles. The molecule has 4 heterocycles. The molecule has 0 saturated carbocycles. The number of imide groups is 2. The van der Waals surface area contributed by atoms with Crippen molar-refractivity contribution in [3.8, 4) is 0 Å². The fourth-order valence-electron chi connectivity index (χ4n) is 8.43. The number of unbranched alkanes of at least 4 members (excludes halogenated alkanes) is 4. The lowest BCUT2D eigenvalue weighted by molar-refractivity contribution is -0.197. The Kier molecular flexibility index (Phi) is 12.8. The summed E-state index contributed by atoms with van der Waals surface area (Å²) < 4.78 is 34.2. The monoisotopic (exact) mass is 832 g/mol. The third-order valence-corrected chi connectivity index (χ3v) is 12.5. The van der Waals surface area contributed by atoms with Crippen molar-refractivity contribution in [1.29, 1.82) is 0 Å². The summed E-state index contributed by atoms with van der Waals surface area (Å²) in [6.45, 7) is 9.69. The first kappa shape index (κ1) is 43.2. The highest BCUT2D eigenvalue weighted by Crippen LogP contribution is 2.49. The Hall–Kier alpha value is -5.35. The van der Waals surface area contributed by atoms with Gasteiger partial charge < -0.3 is 19.5 Å². The van der Waals surface area contributed by atoms with Crippen LogP contribution in [-0.2, 0) is 59.4 Å². The van der Waals surface area contributed by atoms with Crippen molar-refractivity contribution in [2.75, 3.05) is 22.9 Å². The van der Waals surface area contributed by atoms with E-state index in [0.717, 1.165) is 35.5 Å². The molecule has 6 rings (SSSR count). The normalized spacial score (nSPS) is 20.4. The molecular formula is C43H52N4O11S. The SMILES string of the molecule is CC1(C)C(=CC=CC2N(CCCCCC(=O)ON3C(=O)CCC3=O)c3ccccc3C2(C)C)N(CCCCCC(=O)ON2C(=O)CCC2=O)c2ccc(S(=O)(=O)O)cc21. The largest absolute Gasteiger partial charge is 0.364 e. The van der Waals surface area contributed by atoms with E-state index >= 15 is 0 Å². The minimum atomic E-state index is -4.45. The molecule has 1 unspecified atom stereocenters. The highest BCUT2D eigenvalue weighted by Gasteiger charge is 2.44. The summed E-state index contributed by atoms with van der Waals surface area (Å²) in [5.74, 6) is -3.30. The lowest BCUT2D eigenvalue weighted by Crippen LogP contribution is -2.40. The van der Waals surface area contributed by atoms with Gasteiger partial charge in [-0.15, -0.1) is 10.1 Å². The average molecular weight is 833 g/mol. The second kappa shape index (κ2) is 17.5. The van der Waals surface area contributed by atoms with Gasteiger partial charge in [-0.25, -0.2) is 9.59 Å². The molecule has 316 valence electrons. The molecule has 4 aliphatic rings. The van der Waals surface area contributed by atoms with Gasteiger partial charge in [0.1, 0.15) is 0 Å². The molecule has 2 saturated heterocycles. The molecule has 0 spiro atoms. The van der Waals surface area contributed by atoms with Crippen LogP contribution < -0.4 is 9.80 Å². The number of hydrogen-bond donors (Lipinski definition) is 1. The van der Waals surface area contributed by atoms with Crippen molar-refractivity contribution in [2.24, 2.45) is 0 Å². The summed E-state index contributed by atoms with van der Waals surface area (Å²) in [7, 11) is -4.45. The number of rotatable bonds is 17. The zero-order chi connectivity index (χ0) is 42.7. The number of carbonyl (C=O) groups is 6. The Balaban J connectivity index is 1.14. The highest BCUT2D eigenvalue weighted by molar-refractivity contribution is 7.85. The third kappa shape index (κ3) is 9.28. The van der Waals surface area contributed by atoms with E-state index in [0.29, 0.717) is 48.9 Å². The van der Waals surface area contributed by atoms with E-state index in [1.165, 1.54) is 17.7 Å². The molecule has 15 nitrogen and oxygen atoms in total. The van der Waals surface area contributed by atoms with Crippen LogP contribution in [0.4, 0.5) is 11.4 Å². The first-order valence-electron chi connectivity index (χ1n) is 20.2. The molecule has 0 aromatic heterocycles. The van der Waals surface area contributed by atoms with Crippen molar-refractivity contribution in [3.05, 3.63) is 77.5 Å². The quantitative estimate of drug-likeness (QED) is 0.112. The third-order valence-electron chi connectivity index (χ3n) is 11.6. The average Bonchev–Trinajstić information content (AvgIpc) is 3.81. The molecule has 4 aliphatic heterocycles. The molecule has 2 fully saturated rings. The maximum atomic E-state index is 12.4. The topological polar surface area (TPSA) is 188 Å². The lowest BCUT2D eigenvalue weighted by Gasteiger charge is -2.32. The summed E-state index contributed by atoms with van der Waals surface area (Å²) in [5.41, 5.74) is 3.90. The van der Waals surface area contributed by atoms with Gasteiger partial charge in [0.05, 0.1) is 10.9 Å². The molecule has 2 aromatic carbocycles. The second-order valence-electron chi connectivity index (χ2n) is 16.5. The molecule has 59 heavy (non-hydrogen) atoms. The number of nitrogens with zero attached hydrogens (tertiary/aromatic N) is 4. The number of carbonyl (C=O) groups excluding carboxylic acids is 6. The predicted molar refractivity (Wildman–Crippen MR) is 216 cm³/mol. The van der Waals surface area contributed by atoms with E-state index in [-0.39, 0.29) is 54.9 Å². The van der Waals surface area contributed by atoms with E-state index in [9.17, 15) is 41.7 Å². The summed E-state index contributed by atoms with van der Waals surface area (Å²) in [5, 5.41) is 1.13. The van der Waals surface area contributed by atoms with Crippen molar-refractivity contribution < 1.29 is 51.4 Å². The van der Waals surface area contributed by atoms with E-state index in [1.807, 2.05) is 38.1 Å². The first-order valence-corrected chi connectivity index (χ1v) is 21.6. The van der Waals surface area contributed by atoms with Crippen molar-refractivity contribution in [3.63, 3.8) is 0 Å². The van der Waals surface area contributed by atoms with E-state index in [4.69, 9.17) is 9.68 Å². The molecule has 1 N–H and O–H groups in total. The van der Waals surface area contributed by atoms with E-state index in [1.54, 1.807) is 6.07 Å². The number of allylic oxidation sites excluding steroid dienone is 3. The zero-order valence-electron chi connectivity index (χ0n) is 34.0. The zero-order valence-corrected chi connectivity index (χ0v) is 34.8. The van der Waals surface area contributed by atoms with Gasteiger partial charge >= 0.3 is 11.9 Å². The minimum Gasteiger partial charge on any atom is -0.364 e. The summed E-state index contributed by atoms with van der Waals surface area (Å²) in [6, 6.07) is 12.9. The Bertz CT molecular complexity index is 2160. The van der Waals surface area contributed by atoms with Crippen LogP contribution in [0.25, 0.3) is 0 Å². The Labute approximate surface area is 344 Å². The molecule has 2 aromatic rings. The van der Waals surface area contributed by atoms with Crippen LogP contribution in [0.5, 0.6) is 0 Å². The van der Waals surface area contributed by atoms with Gasteiger partial charge in [0.25, 0.3) is 33.7 Å². The fourth-order valence-corrected chi connectivity index (χ4v) is 8.94. The number of hydroxylamine groups is 4. The van der Waals surface area contributed by atoms with Crippen LogP contribution in [0.1, 0.15) is 116 Å². The maximum Gasteiger partial charge on any atom is 0.333 e. The van der Waals surface area contributed by atoms with E-state index < -0.39 is 51.1 Å². The molecular weight excluding hydrogens is 781 g/mol. The first-order chi connectivity index (χ1) is 27.9. The van der Waals surface area contributed by atoms with Crippen LogP contribution in [0.3, 0.4) is 0 Å². The summed E-state index contributed by atoms with van der Waals surface area (Å²) >= 11 is 0. The molecule has 1 atom stereocenters. The van der Waals surface area contributed by atoms with Gasteiger partial charge in [-0.2, -0.15) is 8.42 Å². The summed E-state index contributed by atoms with van der Waals surface area (Å²) in [4.78, 5) is 86.3. The fraction of sp³-hybridized carbons (Fsp3) is 0.488. The Morgan fingerprint density at radius 3 is 1.83 bits per heavy atom. The van der Waals surface area contributed by atoms with Gasteiger partial charge in [0.15, 0.2) is 0 Å². The molecule has 0 radical (unpaired) electrons. The van der Waals surface area contributed by atoms with Gasteiger partial charge in [-0.1, -0.05) is 70.9 Å². The second-order valence-corrected chi connectivity index (χ2v) is 17.9. The number of fused-ring (bicyclic) bond motifs is 2. The smallest absolute Gasteiger partial charge is 0.333 e. The molecule has 4 amide bonds. The van der Waals surface area contributed by atoms with Crippen LogP contribution >= 0.6 is 0 Å². The van der Waals surface area contributed by atoms with Crippen LogP contribution in [-0.4, -0.2) is 77.8 Å². The maximum absolute atomic E-state index is 12.4. The lowest BCUT2D eigenvalue weighted by atomic mass is 9.80. The van der Waals surface area contributed by atoms with Gasteiger partial charge in [-0.05, 0) is 67.2 Å². The number of anilines is 2. The number of para-hydroxylation sites is 1. The Morgan fingerprint density at radius 2 is 1.27 bits per heavy atom. The standard InChI is InChI=1S/C43H52N4O11S/c1-42(2)30-14-9-10-15-32(30)44(26-11-5-7-18-40(52)57-46-36(48)22-23-37(46)49)34(42)16-13-17-35-43(3,4)31-28-29(59(54,55)56)20-21-33(31)45(35)27-12-6-8-19-41(53)58-47-38(50)24-25-39(47)51/h9-10,13-17,20-21,28,34H,5-8,11-12,18-19,22-27H2,1-4H3,(H,54,55,56). The number of benzene rings is 2. The van der Waals surface area contributed by atoms with Crippen molar-refractivity contribution in [2.45, 2.75) is 127 Å². The highest BCUT2D eigenvalue weighted by atomic mass is 32.2. The Morgan fingerprint density at radius 1 is 0.729 bits per heavy atom. The van der Waals surface area contributed by atoms with Crippen molar-refractivity contribution in [1.82, 2.24) is 10.1 Å².